The zero-order valence-electron chi connectivity index (χ0n) is 22.7. The first-order chi connectivity index (χ1) is 17.8. The van der Waals surface area contributed by atoms with Gasteiger partial charge in [-0.1, -0.05) is 13.8 Å². The van der Waals surface area contributed by atoms with Crippen LogP contribution in [-0.2, 0) is 9.59 Å². The summed E-state index contributed by atoms with van der Waals surface area (Å²) in [4.78, 5) is 30.9. The van der Waals surface area contributed by atoms with E-state index in [9.17, 15) is 14.0 Å². The number of rotatable bonds is 7. The van der Waals surface area contributed by atoms with Crippen molar-refractivity contribution in [2.75, 3.05) is 45.8 Å². The van der Waals surface area contributed by atoms with Crippen LogP contribution in [0.25, 0.3) is 0 Å². The summed E-state index contributed by atoms with van der Waals surface area (Å²) in [6, 6.07) is 0.106. The van der Waals surface area contributed by atoms with Gasteiger partial charge in [0.15, 0.2) is 0 Å². The highest BCUT2D eigenvalue weighted by Crippen LogP contribution is 2.30. The van der Waals surface area contributed by atoms with Crippen molar-refractivity contribution in [2.45, 2.75) is 83.2 Å². The Labute approximate surface area is 221 Å². The number of allylic oxidation sites excluding steroid dienone is 1. The van der Waals surface area contributed by atoms with Crippen molar-refractivity contribution >= 4 is 11.8 Å². The topological polar surface area (TPSA) is 129 Å². The van der Waals surface area contributed by atoms with Gasteiger partial charge >= 0.3 is 0 Å². The summed E-state index contributed by atoms with van der Waals surface area (Å²) in [6.07, 6.45) is 3.94. The Bertz CT molecular complexity index is 826. The molecule has 0 aromatic carbocycles. The number of halogens is 1. The van der Waals surface area contributed by atoms with E-state index < -0.39 is 18.3 Å². The minimum absolute atomic E-state index is 0.0873. The molecule has 5 atom stereocenters. The molecule has 0 bridgehead atoms. The molecule has 0 spiro atoms. The fraction of sp³-hybridized carbons (Fsp3) is 0.852. The zero-order valence-corrected chi connectivity index (χ0v) is 22.7. The molecule has 37 heavy (non-hydrogen) atoms. The van der Waals surface area contributed by atoms with E-state index in [0.717, 1.165) is 76.8 Å². The molecule has 0 radical (unpaired) electrons. The van der Waals surface area contributed by atoms with Crippen LogP contribution in [0.2, 0.25) is 0 Å². The maximum absolute atomic E-state index is 14.4. The van der Waals surface area contributed by atoms with Crippen LogP contribution in [0.1, 0.15) is 58.8 Å². The molecule has 0 aromatic rings. The third-order valence-corrected chi connectivity index (χ3v) is 9.02. The van der Waals surface area contributed by atoms with Crippen LogP contribution in [0.5, 0.6) is 0 Å². The van der Waals surface area contributed by atoms with Crippen molar-refractivity contribution in [2.24, 2.45) is 29.2 Å². The second-order valence-corrected chi connectivity index (χ2v) is 11.5. The SMILES string of the molecule is CCC1=C(C(C(=O)NC2CNCCC2N2CCC(C(=O)N3CCC3)CC2)C(N)N)NCC(F)CCC1C. The smallest absolute Gasteiger partial charge is 0.232 e. The lowest BCUT2D eigenvalue weighted by Gasteiger charge is -2.45. The largest absolute Gasteiger partial charge is 0.385 e. The molecule has 9 nitrogen and oxygen atoms in total. The Hall–Kier alpha value is -1.75. The lowest BCUT2D eigenvalue weighted by atomic mass is 9.84. The molecule has 0 saturated carbocycles. The standard InChI is InChI=1S/C27H48FN7O2/c1-3-20-17(2)5-6-19(28)15-32-24(20)23(25(29)30)26(36)33-21-16-31-10-7-22(21)34-13-8-18(9-14-34)27(37)35-11-4-12-35/h17-19,21-23,25,31-32H,3-16,29-30H2,1-2H3,(H,33,36). The molecule has 3 fully saturated rings. The van der Waals surface area contributed by atoms with Gasteiger partial charge in [-0.25, -0.2) is 4.39 Å². The van der Waals surface area contributed by atoms with E-state index in [1.807, 2.05) is 4.90 Å². The first-order valence-electron chi connectivity index (χ1n) is 14.5. The van der Waals surface area contributed by atoms with Crippen molar-refractivity contribution in [3.63, 3.8) is 0 Å². The third kappa shape index (κ3) is 6.64. The number of alkyl halides is 1. The summed E-state index contributed by atoms with van der Waals surface area (Å²) in [7, 11) is 0. The summed E-state index contributed by atoms with van der Waals surface area (Å²) in [5.41, 5.74) is 14.2. The Kier molecular flexibility index (Phi) is 9.83. The van der Waals surface area contributed by atoms with Crippen LogP contribution in [0.15, 0.2) is 11.3 Å². The van der Waals surface area contributed by atoms with Crippen molar-refractivity contribution in [1.29, 1.82) is 0 Å². The number of piperidine rings is 2. The Morgan fingerprint density at radius 3 is 2.43 bits per heavy atom. The molecule has 0 aromatic heterocycles. The van der Waals surface area contributed by atoms with Crippen LogP contribution in [0.3, 0.4) is 0 Å². The van der Waals surface area contributed by atoms with Gasteiger partial charge in [0.2, 0.25) is 11.8 Å². The van der Waals surface area contributed by atoms with E-state index in [1.165, 1.54) is 0 Å². The minimum atomic E-state index is -0.962. The van der Waals surface area contributed by atoms with E-state index in [0.29, 0.717) is 24.6 Å². The van der Waals surface area contributed by atoms with Gasteiger partial charge in [0.05, 0.1) is 12.2 Å². The molecule has 4 rings (SSSR count). The number of carbonyl (C=O) groups is 2. The van der Waals surface area contributed by atoms with Crippen LogP contribution in [0.4, 0.5) is 4.39 Å². The predicted molar refractivity (Wildman–Crippen MR) is 143 cm³/mol. The molecule has 210 valence electrons. The number of nitrogens with zero attached hydrogens (tertiary/aromatic N) is 2. The van der Waals surface area contributed by atoms with Gasteiger partial charge < -0.3 is 32.3 Å². The summed E-state index contributed by atoms with van der Waals surface area (Å²) in [5.74, 6) is -0.364. The molecule has 10 heteroatoms. The monoisotopic (exact) mass is 521 g/mol. The first-order valence-corrected chi connectivity index (χ1v) is 14.5. The number of hydrogen-bond acceptors (Lipinski definition) is 7. The summed E-state index contributed by atoms with van der Waals surface area (Å²) in [6.45, 7) is 9.43. The van der Waals surface area contributed by atoms with Gasteiger partial charge in [-0.15, -0.1) is 0 Å². The van der Waals surface area contributed by atoms with Gasteiger partial charge in [-0.05, 0) is 76.1 Å². The van der Waals surface area contributed by atoms with Gasteiger partial charge in [0.25, 0.3) is 0 Å². The van der Waals surface area contributed by atoms with Crippen LogP contribution >= 0.6 is 0 Å². The van der Waals surface area contributed by atoms with Crippen molar-refractivity contribution in [3.05, 3.63) is 11.3 Å². The van der Waals surface area contributed by atoms with E-state index in [-0.39, 0.29) is 36.4 Å². The minimum Gasteiger partial charge on any atom is -0.385 e. The number of hydrogen-bond donors (Lipinski definition) is 5. The van der Waals surface area contributed by atoms with Crippen LogP contribution in [0, 0.1) is 17.8 Å². The van der Waals surface area contributed by atoms with Gasteiger partial charge in [0, 0.05) is 43.8 Å². The van der Waals surface area contributed by atoms with Crippen molar-refractivity contribution in [1.82, 2.24) is 25.8 Å². The molecule has 7 N–H and O–H groups in total. The van der Waals surface area contributed by atoms with Crippen molar-refractivity contribution in [3.8, 4) is 0 Å². The second-order valence-electron chi connectivity index (χ2n) is 11.5. The number of amides is 2. The summed E-state index contributed by atoms with van der Waals surface area (Å²) < 4.78 is 14.4. The number of nitrogens with two attached hydrogens (primary N) is 2. The maximum Gasteiger partial charge on any atom is 0.232 e. The summed E-state index contributed by atoms with van der Waals surface area (Å²) in [5, 5.41) is 9.93. The van der Waals surface area contributed by atoms with Gasteiger partial charge in [-0.2, -0.15) is 0 Å². The highest BCUT2D eigenvalue weighted by Gasteiger charge is 2.39. The molecular formula is C27H48FN7O2. The van der Waals surface area contributed by atoms with Crippen LogP contribution in [-0.4, -0.2) is 91.8 Å². The van der Waals surface area contributed by atoms with E-state index in [4.69, 9.17) is 11.5 Å². The molecule has 0 aliphatic carbocycles. The number of nitrogens with one attached hydrogen (secondary N) is 3. The Morgan fingerprint density at radius 2 is 1.81 bits per heavy atom. The average Bonchev–Trinajstić information content (AvgIpc) is 2.84. The third-order valence-electron chi connectivity index (χ3n) is 9.02. The molecule has 3 saturated heterocycles. The van der Waals surface area contributed by atoms with Crippen LogP contribution < -0.4 is 27.4 Å². The fourth-order valence-corrected chi connectivity index (χ4v) is 6.63. The number of carbonyl (C=O) groups excluding carboxylic acids is 2. The lowest BCUT2D eigenvalue weighted by molar-refractivity contribution is -0.140. The van der Waals surface area contributed by atoms with Crippen molar-refractivity contribution < 1.29 is 14.0 Å². The fourth-order valence-electron chi connectivity index (χ4n) is 6.63. The summed E-state index contributed by atoms with van der Waals surface area (Å²) >= 11 is 0. The average molecular weight is 522 g/mol. The maximum atomic E-state index is 14.4. The van der Waals surface area contributed by atoms with E-state index >= 15 is 0 Å². The molecular weight excluding hydrogens is 473 g/mol. The normalized spacial score (nSPS) is 31.2. The first kappa shape index (κ1) is 28.3. The lowest BCUT2D eigenvalue weighted by Crippen LogP contribution is -2.63. The highest BCUT2D eigenvalue weighted by atomic mass is 19.1. The molecule has 5 unspecified atom stereocenters. The molecule has 4 aliphatic heterocycles. The Balaban J connectivity index is 1.44. The quantitative estimate of drug-likeness (QED) is 0.311. The van der Waals surface area contributed by atoms with Gasteiger partial charge in [-0.3, -0.25) is 14.5 Å². The van der Waals surface area contributed by atoms with E-state index in [1.54, 1.807) is 0 Å². The second kappa shape index (κ2) is 12.9. The molecule has 4 heterocycles. The predicted octanol–water partition coefficient (Wildman–Crippen LogP) is 0.659. The highest BCUT2D eigenvalue weighted by molar-refractivity contribution is 5.83. The number of likely N-dealkylation sites (tertiary alicyclic amines) is 2. The molecule has 4 aliphatic rings. The van der Waals surface area contributed by atoms with E-state index in [2.05, 4.69) is 34.7 Å². The zero-order chi connectivity index (χ0) is 26.5. The molecule has 2 amide bonds. The Morgan fingerprint density at radius 1 is 1.08 bits per heavy atom. The van der Waals surface area contributed by atoms with Gasteiger partial charge in [0.1, 0.15) is 12.1 Å².